The van der Waals surface area contributed by atoms with Crippen molar-refractivity contribution in [1.82, 2.24) is 10.2 Å². The van der Waals surface area contributed by atoms with E-state index in [9.17, 15) is 4.79 Å². The zero-order valence-corrected chi connectivity index (χ0v) is 14.1. The normalized spacial score (nSPS) is 16.7. The van der Waals surface area contributed by atoms with Crippen LogP contribution in [0.2, 0.25) is 0 Å². The summed E-state index contributed by atoms with van der Waals surface area (Å²) in [5.74, 6) is 0. The average molecular weight is 315 g/mol. The predicted octanol–water partition coefficient (Wildman–Crippen LogP) is 3.09. The molecule has 5 heteroatoms. The van der Waals surface area contributed by atoms with E-state index in [1.54, 1.807) is 11.0 Å². The number of rotatable bonds is 6. The Kier molecular flexibility index (Phi) is 5.79. The highest BCUT2D eigenvalue weighted by molar-refractivity contribution is 6.02. The predicted molar refractivity (Wildman–Crippen MR) is 92.6 cm³/mol. The van der Waals surface area contributed by atoms with E-state index in [0.717, 1.165) is 11.3 Å². The molecule has 1 aliphatic heterocycles. The van der Waals surface area contributed by atoms with Crippen LogP contribution in [-0.2, 0) is 4.84 Å². The number of carbonyl (C=O) groups is 1. The van der Waals surface area contributed by atoms with E-state index >= 15 is 0 Å². The summed E-state index contributed by atoms with van der Waals surface area (Å²) in [4.78, 5) is 19.5. The number of nitrogens with zero attached hydrogens (tertiary/aromatic N) is 2. The summed E-state index contributed by atoms with van der Waals surface area (Å²) in [6.07, 6.45) is 2.30. The van der Waals surface area contributed by atoms with Crippen molar-refractivity contribution in [1.29, 1.82) is 0 Å². The fourth-order valence-corrected chi connectivity index (χ4v) is 2.56. The summed E-state index contributed by atoms with van der Waals surface area (Å²) in [7, 11) is 0. The van der Waals surface area contributed by atoms with Crippen LogP contribution in [-0.4, -0.2) is 41.9 Å². The molecule has 5 nitrogen and oxygen atoms in total. The highest BCUT2D eigenvalue weighted by Gasteiger charge is 2.26. The summed E-state index contributed by atoms with van der Waals surface area (Å²) in [5.41, 5.74) is 3.23. The molecule has 1 aliphatic rings. The van der Waals surface area contributed by atoms with E-state index < -0.39 is 0 Å². The van der Waals surface area contributed by atoms with E-state index in [4.69, 9.17) is 4.84 Å². The average Bonchev–Trinajstić information content (AvgIpc) is 2.95. The Morgan fingerprint density at radius 1 is 1.52 bits per heavy atom. The quantitative estimate of drug-likeness (QED) is 0.820. The number of carbonyl (C=O) groups excluding carboxylic acids is 1. The minimum Gasteiger partial charge on any atom is -0.390 e. The van der Waals surface area contributed by atoms with Gasteiger partial charge in [0.2, 0.25) is 0 Å². The van der Waals surface area contributed by atoms with Crippen LogP contribution in [0, 0.1) is 6.92 Å². The zero-order valence-electron chi connectivity index (χ0n) is 14.1. The fraction of sp³-hybridized carbons (Fsp3) is 0.444. The first-order chi connectivity index (χ1) is 11.0. The summed E-state index contributed by atoms with van der Waals surface area (Å²) in [6.45, 7) is 10.6. The summed E-state index contributed by atoms with van der Waals surface area (Å²) >= 11 is 0. The Morgan fingerprint density at radius 3 is 2.91 bits per heavy atom. The second-order valence-corrected chi connectivity index (χ2v) is 6.08. The van der Waals surface area contributed by atoms with Crippen LogP contribution >= 0.6 is 0 Å². The maximum absolute atomic E-state index is 12.2. The second-order valence-electron chi connectivity index (χ2n) is 6.08. The van der Waals surface area contributed by atoms with Crippen LogP contribution in [0.1, 0.15) is 31.4 Å². The lowest BCUT2D eigenvalue weighted by atomic mass is 10.0. The highest BCUT2D eigenvalue weighted by Crippen LogP contribution is 2.20. The van der Waals surface area contributed by atoms with Crippen LogP contribution < -0.4 is 5.32 Å². The molecule has 0 saturated carbocycles. The minimum absolute atomic E-state index is 0.0955. The summed E-state index contributed by atoms with van der Waals surface area (Å²) < 4.78 is 0. The van der Waals surface area contributed by atoms with Crippen LogP contribution in [0.25, 0.3) is 0 Å². The molecule has 1 N–H and O–H groups in total. The topological polar surface area (TPSA) is 53.9 Å². The van der Waals surface area contributed by atoms with Crippen molar-refractivity contribution >= 4 is 11.7 Å². The molecule has 1 aromatic carbocycles. The molecule has 2 rings (SSSR count). The van der Waals surface area contributed by atoms with Crippen LogP contribution in [0.5, 0.6) is 0 Å². The van der Waals surface area contributed by atoms with Gasteiger partial charge in [0, 0.05) is 24.6 Å². The van der Waals surface area contributed by atoms with E-state index in [0.29, 0.717) is 19.5 Å². The SMILES string of the molecule is C=CCN(C[C@@H]1CC(c2ccccc2C)=NO1)C(=O)NC(C)C. The molecule has 124 valence electrons. The Balaban J connectivity index is 1.97. The van der Waals surface area contributed by atoms with Crippen molar-refractivity contribution in [2.24, 2.45) is 5.16 Å². The van der Waals surface area contributed by atoms with Gasteiger partial charge in [-0.15, -0.1) is 6.58 Å². The van der Waals surface area contributed by atoms with Crippen molar-refractivity contribution in [2.45, 2.75) is 39.3 Å². The molecular weight excluding hydrogens is 290 g/mol. The third kappa shape index (κ3) is 4.58. The van der Waals surface area contributed by atoms with Gasteiger partial charge in [-0.3, -0.25) is 0 Å². The Hall–Kier alpha value is -2.30. The van der Waals surface area contributed by atoms with Crippen LogP contribution in [0.15, 0.2) is 42.1 Å². The molecule has 0 aliphatic carbocycles. The number of benzene rings is 1. The molecule has 0 bridgehead atoms. The molecular formula is C18H25N3O2. The third-order valence-electron chi connectivity index (χ3n) is 3.66. The van der Waals surface area contributed by atoms with Crippen molar-refractivity contribution in [3.63, 3.8) is 0 Å². The molecule has 0 radical (unpaired) electrons. The Morgan fingerprint density at radius 2 is 2.26 bits per heavy atom. The van der Waals surface area contributed by atoms with Crippen molar-refractivity contribution in [3.8, 4) is 0 Å². The zero-order chi connectivity index (χ0) is 16.8. The molecule has 1 atom stereocenters. The monoisotopic (exact) mass is 315 g/mol. The summed E-state index contributed by atoms with van der Waals surface area (Å²) in [5, 5.41) is 7.11. The molecule has 0 saturated heterocycles. The molecule has 2 amide bonds. The Bertz CT molecular complexity index is 596. The van der Waals surface area contributed by atoms with Crippen molar-refractivity contribution in [2.75, 3.05) is 13.1 Å². The molecule has 0 unspecified atom stereocenters. The van der Waals surface area contributed by atoms with Gasteiger partial charge in [-0.2, -0.15) is 0 Å². The molecule has 0 fully saturated rings. The van der Waals surface area contributed by atoms with E-state index in [-0.39, 0.29) is 18.2 Å². The summed E-state index contributed by atoms with van der Waals surface area (Å²) in [6, 6.07) is 8.11. The first-order valence-electron chi connectivity index (χ1n) is 7.96. The largest absolute Gasteiger partial charge is 0.390 e. The van der Waals surface area contributed by atoms with E-state index in [1.807, 2.05) is 32.0 Å². The molecule has 23 heavy (non-hydrogen) atoms. The second kappa shape index (κ2) is 7.81. The maximum atomic E-state index is 12.2. The van der Waals surface area contributed by atoms with Gasteiger partial charge in [-0.1, -0.05) is 35.5 Å². The van der Waals surface area contributed by atoms with Gasteiger partial charge in [-0.25, -0.2) is 4.79 Å². The first kappa shape index (κ1) is 17.1. The molecule has 1 aromatic rings. The smallest absolute Gasteiger partial charge is 0.318 e. The van der Waals surface area contributed by atoms with E-state index in [2.05, 4.69) is 30.0 Å². The number of oxime groups is 1. The fourth-order valence-electron chi connectivity index (χ4n) is 2.56. The molecule has 1 heterocycles. The third-order valence-corrected chi connectivity index (χ3v) is 3.66. The lowest BCUT2D eigenvalue weighted by Gasteiger charge is -2.24. The van der Waals surface area contributed by atoms with Gasteiger partial charge >= 0.3 is 6.03 Å². The van der Waals surface area contributed by atoms with Crippen molar-refractivity contribution < 1.29 is 9.63 Å². The van der Waals surface area contributed by atoms with Gasteiger partial charge in [0.15, 0.2) is 6.10 Å². The van der Waals surface area contributed by atoms with Gasteiger partial charge < -0.3 is 15.1 Å². The van der Waals surface area contributed by atoms with Gasteiger partial charge in [0.25, 0.3) is 0 Å². The highest BCUT2D eigenvalue weighted by atomic mass is 16.6. The van der Waals surface area contributed by atoms with Crippen LogP contribution in [0.3, 0.4) is 0 Å². The van der Waals surface area contributed by atoms with E-state index in [1.165, 1.54) is 5.56 Å². The lowest BCUT2D eigenvalue weighted by Crippen LogP contribution is -2.46. The molecule has 0 spiro atoms. The lowest BCUT2D eigenvalue weighted by molar-refractivity contribution is 0.0626. The number of hydrogen-bond acceptors (Lipinski definition) is 3. The number of nitrogens with one attached hydrogen (secondary N) is 1. The number of amides is 2. The van der Waals surface area contributed by atoms with Gasteiger partial charge in [-0.05, 0) is 26.3 Å². The number of urea groups is 1. The van der Waals surface area contributed by atoms with Crippen LogP contribution in [0.4, 0.5) is 4.79 Å². The number of hydrogen-bond donors (Lipinski definition) is 1. The number of aryl methyl sites for hydroxylation is 1. The van der Waals surface area contributed by atoms with Gasteiger partial charge in [0.1, 0.15) is 0 Å². The first-order valence-corrected chi connectivity index (χ1v) is 7.96. The van der Waals surface area contributed by atoms with Gasteiger partial charge in [0.05, 0.1) is 12.3 Å². The Labute approximate surface area is 138 Å². The molecule has 0 aromatic heterocycles. The standard InChI is InChI=1S/C18H25N3O2/c1-5-10-21(18(22)19-13(2)3)12-15-11-17(20-23-15)16-9-7-6-8-14(16)4/h5-9,13,15H,1,10-12H2,2-4H3,(H,19,22)/t15-/m0/s1. The van der Waals surface area contributed by atoms with Crippen molar-refractivity contribution in [3.05, 3.63) is 48.0 Å². The maximum Gasteiger partial charge on any atom is 0.318 e. The minimum atomic E-state index is -0.123.